The van der Waals surface area contributed by atoms with E-state index in [0.717, 1.165) is 18.4 Å². The van der Waals surface area contributed by atoms with Gasteiger partial charge in [-0.2, -0.15) is 5.10 Å². The molecule has 0 aliphatic heterocycles. The summed E-state index contributed by atoms with van der Waals surface area (Å²) in [7, 11) is 1.68. The van der Waals surface area contributed by atoms with Crippen molar-refractivity contribution in [3.8, 4) is 0 Å². The Bertz CT molecular complexity index is 697. The Kier molecular flexibility index (Phi) is 5.06. The lowest BCUT2D eigenvalue weighted by Gasteiger charge is -2.20. The van der Waals surface area contributed by atoms with Crippen LogP contribution in [0.15, 0.2) is 36.7 Å². The van der Waals surface area contributed by atoms with Gasteiger partial charge < -0.3 is 15.3 Å². The van der Waals surface area contributed by atoms with Gasteiger partial charge in [0, 0.05) is 24.8 Å². The number of anilines is 1. The number of aliphatic hydroxyl groups excluding tert-OH is 1. The van der Waals surface area contributed by atoms with Gasteiger partial charge in [0.25, 0.3) is 0 Å². The molecule has 1 heterocycles. The predicted octanol–water partition coefficient (Wildman–Crippen LogP) is 2.82. The lowest BCUT2D eigenvalue weighted by atomic mass is 10.2. The Morgan fingerprint density at radius 3 is 2.83 bits per heavy atom. The van der Waals surface area contributed by atoms with E-state index in [9.17, 15) is 9.90 Å². The van der Waals surface area contributed by atoms with E-state index in [-0.39, 0.29) is 6.03 Å². The van der Waals surface area contributed by atoms with Crippen molar-refractivity contribution in [2.75, 3.05) is 18.9 Å². The molecular formula is C17H21ClN4O2. The first-order chi connectivity index (χ1) is 11.5. The number of aliphatic hydroxyl groups is 1. The van der Waals surface area contributed by atoms with E-state index in [2.05, 4.69) is 10.4 Å². The fraction of sp³-hybridized carbons (Fsp3) is 0.412. The van der Waals surface area contributed by atoms with E-state index in [1.165, 1.54) is 4.90 Å². The third kappa shape index (κ3) is 4.49. The van der Waals surface area contributed by atoms with Crippen LogP contribution >= 0.6 is 11.6 Å². The second kappa shape index (κ2) is 7.23. The SMILES string of the molecule is CN(CC(O)C1CC1)C(=O)Nc1cnn(Cc2ccc(Cl)cc2)c1. The Labute approximate surface area is 146 Å². The molecule has 1 atom stereocenters. The van der Waals surface area contributed by atoms with Crippen LogP contribution in [0.4, 0.5) is 10.5 Å². The van der Waals surface area contributed by atoms with E-state index in [1.54, 1.807) is 24.1 Å². The lowest BCUT2D eigenvalue weighted by molar-refractivity contribution is 0.117. The molecule has 2 aromatic rings. The zero-order chi connectivity index (χ0) is 17.1. The van der Waals surface area contributed by atoms with Crippen molar-refractivity contribution in [3.05, 3.63) is 47.2 Å². The average molecular weight is 349 g/mol. The standard InChI is InChI=1S/C17H21ClN4O2/c1-21(11-16(23)13-4-5-13)17(24)20-15-8-19-22(10-15)9-12-2-6-14(18)7-3-12/h2-3,6-8,10,13,16,23H,4-5,9,11H2,1H3,(H,20,24). The molecule has 1 aromatic heterocycles. The molecule has 24 heavy (non-hydrogen) atoms. The summed E-state index contributed by atoms with van der Waals surface area (Å²) in [5, 5.41) is 17.7. The molecule has 3 rings (SSSR count). The third-order valence-corrected chi connectivity index (χ3v) is 4.37. The number of aromatic nitrogens is 2. The summed E-state index contributed by atoms with van der Waals surface area (Å²) in [5.74, 6) is 0.349. The molecule has 1 aliphatic carbocycles. The lowest BCUT2D eigenvalue weighted by Crippen LogP contribution is -2.37. The van der Waals surface area contributed by atoms with Gasteiger partial charge in [0.05, 0.1) is 24.5 Å². The summed E-state index contributed by atoms with van der Waals surface area (Å²) in [4.78, 5) is 13.6. The van der Waals surface area contributed by atoms with Crippen molar-refractivity contribution in [2.24, 2.45) is 5.92 Å². The quantitative estimate of drug-likeness (QED) is 0.843. The molecule has 2 N–H and O–H groups in total. The van der Waals surface area contributed by atoms with Gasteiger partial charge in [0.15, 0.2) is 0 Å². The van der Waals surface area contributed by atoms with Crippen molar-refractivity contribution < 1.29 is 9.90 Å². The number of likely N-dealkylation sites (N-methyl/N-ethyl adjacent to an activating group) is 1. The molecule has 0 radical (unpaired) electrons. The predicted molar refractivity (Wildman–Crippen MR) is 93.2 cm³/mol. The number of halogens is 1. The zero-order valence-electron chi connectivity index (χ0n) is 13.5. The summed E-state index contributed by atoms with van der Waals surface area (Å²) >= 11 is 5.87. The van der Waals surface area contributed by atoms with Gasteiger partial charge in [0.1, 0.15) is 0 Å². The fourth-order valence-corrected chi connectivity index (χ4v) is 2.63. The Morgan fingerprint density at radius 2 is 2.17 bits per heavy atom. The summed E-state index contributed by atoms with van der Waals surface area (Å²) in [6.07, 6.45) is 5.05. The molecule has 1 aromatic carbocycles. The number of urea groups is 1. The van der Waals surface area contributed by atoms with Crippen molar-refractivity contribution in [2.45, 2.75) is 25.5 Å². The first-order valence-electron chi connectivity index (χ1n) is 7.98. The van der Waals surface area contributed by atoms with Crippen molar-refractivity contribution >= 4 is 23.3 Å². The maximum atomic E-state index is 12.1. The van der Waals surface area contributed by atoms with Crippen LogP contribution in [0.1, 0.15) is 18.4 Å². The van der Waals surface area contributed by atoms with Gasteiger partial charge in [-0.25, -0.2) is 4.79 Å². The normalized spacial score (nSPS) is 15.1. The first-order valence-corrected chi connectivity index (χ1v) is 8.36. The summed E-state index contributed by atoms with van der Waals surface area (Å²) < 4.78 is 1.75. The van der Waals surface area contributed by atoms with E-state index in [4.69, 9.17) is 11.6 Å². The number of rotatable bonds is 6. The molecule has 128 valence electrons. The number of carbonyl (C=O) groups excluding carboxylic acids is 1. The number of hydrogen-bond acceptors (Lipinski definition) is 3. The average Bonchev–Trinajstić information content (AvgIpc) is 3.32. The van der Waals surface area contributed by atoms with Crippen molar-refractivity contribution in [1.82, 2.24) is 14.7 Å². The van der Waals surface area contributed by atoms with Gasteiger partial charge in [0.2, 0.25) is 0 Å². The molecule has 7 heteroatoms. The molecule has 1 saturated carbocycles. The van der Waals surface area contributed by atoms with Crippen LogP contribution in [0, 0.1) is 5.92 Å². The fourth-order valence-electron chi connectivity index (χ4n) is 2.50. The van der Waals surface area contributed by atoms with Crippen LogP contribution in [0.3, 0.4) is 0 Å². The van der Waals surface area contributed by atoms with Crippen LogP contribution < -0.4 is 5.32 Å². The third-order valence-electron chi connectivity index (χ3n) is 4.12. The second-order valence-corrected chi connectivity index (χ2v) is 6.70. The molecule has 0 spiro atoms. The minimum absolute atomic E-state index is 0.249. The van der Waals surface area contributed by atoms with Gasteiger partial charge in [-0.15, -0.1) is 0 Å². The highest BCUT2D eigenvalue weighted by Crippen LogP contribution is 2.32. The monoisotopic (exact) mass is 348 g/mol. The second-order valence-electron chi connectivity index (χ2n) is 6.27. The van der Waals surface area contributed by atoms with Gasteiger partial charge in [-0.1, -0.05) is 23.7 Å². The van der Waals surface area contributed by atoms with Gasteiger partial charge in [-0.3, -0.25) is 4.68 Å². The summed E-state index contributed by atoms with van der Waals surface area (Å²) in [6.45, 7) is 0.943. The number of benzene rings is 1. The summed E-state index contributed by atoms with van der Waals surface area (Å²) in [6, 6.07) is 7.30. The Hall–Kier alpha value is -2.05. The maximum absolute atomic E-state index is 12.1. The van der Waals surface area contributed by atoms with Crippen LogP contribution in [0.2, 0.25) is 5.02 Å². The molecule has 0 bridgehead atoms. The van der Waals surface area contributed by atoms with E-state index in [0.29, 0.717) is 29.7 Å². The smallest absolute Gasteiger partial charge is 0.321 e. The Morgan fingerprint density at radius 1 is 1.46 bits per heavy atom. The van der Waals surface area contributed by atoms with Crippen LogP contribution in [-0.2, 0) is 6.54 Å². The molecule has 2 amide bonds. The van der Waals surface area contributed by atoms with Crippen molar-refractivity contribution in [1.29, 1.82) is 0 Å². The van der Waals surface area contributed by atoms with E-state index < -0.39 is 6.10 Å². The minimum atomic E-state index is -0.437. The number of carbonyl (C=O) groups is 1. The van der Waals surface area contributed by atoms with Crippen molar-refractivity contribution in [3.63, 3.8) is 0 Å². The minimum Gasteiger partial charge on any atom is -0.391 e. The number of hydrogen-bond donors (Lipinski definition) is 2. The number of nitrogens with zero attached hydrogens (tertiary/aromatic N) is 3. The molecule has 0 saturated heterocycles. The molecule has 1 unspecified atom stereocenters. The van der Waals surface area contributed by atoms with Gasteiger partial charge in [-0.05, 0) is 36.5 Å². The van der Waals surface area contributed by atoms with Crippen LogP contribution in [-0.4, -0.2) is 45.5 Å². The molecule has 6 nitrogen and oxygen atoms in total. The maximum Gasteiger partial charge on any atom is 0.321 e. The van der Waals surface area contributed by atoms with Crippen LogP contribution in [0.25, 0.3) is 0 Å². The summed E-state index contributed by atoms with van der Waals surface area (Å²) in [5.41, 5.74) is 1.70. The number of amides is 2. The molecule has 1 fully saturated rings. The number of nitrogens with one attached hydrogen (secondary N) is 1. The first kappa shape index (κ1) is 16.8. The zero-order valence-corrected chi connectivity index (χ0v) is 14.3. The van der Waals surface area contributed by atoms with Gasteiger partial charge >= 0.3 is 6.03 Å². The topological polar surface area (TPSA) is 70.4 Å². The molecular weight excluding hydrogens is 328 g/mol. The van der Waals surface area contributed by atoms with E-state index in [1.807, 2.05) is 24.3 Å². The molecule has 1 aliphatic rings. The van der Waals surface area contributed by atoms with Crippen LogP contribution in [0.5, 0.6) is 0 Å². The Balaban J connectivity index is 1.53. The van der Waals surface area contributed by atoms with E-state index >= 15 is 0 Å². The largest absolute Gasteiger partial charge is 0.391 e. The highest BCUT2D eigenvalue weighted by atomic mass is 35.5. The highest BCUT2D eigenvalue weighted by Gasteiger charge is 2.31. The highest BCUT2D eigenvalue weighted by molar-refractivity contribution is 6.30.